The van der Waals surface area contributed by atoms with Crippen LogP contribution in [-0.2, 0) is 16.3 Å². The van der Waals surface area contributed by atoms with Gasteiger partial charge >= 0.3 is 0 Å². The van der Waals surface area contributed by atoms with E-state index >= 15 is 0 Å². The molecule has 0 atom stereocenters. The van der Waals surface area contributed by atoms with Crippen LogP contribution in [0.15, 0.2) is 12.1 Å². The van der Waals surface area contributed by atoms with Gasteiger partial charge in [-0.1, -0.05) is 6.92 Å². The quantitative estimate of drug-likeness (QED) is 0.803. The lowest BCUT2D eigenvalue weighted by Crippen LogP contribution is -2.23. The van der Waals surface area contributed by atoms with E-state index in [0.29, 0.717) is 6.61 Å². The summed E-state index contributed by atoms with van der Waals surface area (Å²) in [6.07, 6.45) is 3.97. The Morgan fingerprint density at radius 1 is 1.37 bits per heavy atom. The predicted octanol–water partition coefficient (Wildman–Crippen LogP) is 2.16. The minimum Gasteiger partial charge on any atom is -0.491 e. The van der Waals surface area contributed by atoms with Crippen molar-refractivity contribution < 1.29 is 13.2 Å². The van der Waals surface area contributed by atoms with Crippen molar-refractivity contribution in [3.63, 3.8) is 0 Å². The first kappa shape index (κ1) is 14.3. The number of hydrogen-bond donors (Lipinski definition) is 0. The van der Waals surface area contributed by atoms with Crippen LogP contribution in [-0.4, -0.2) is 32.0 Å². The Labute approximate surface area is 115 Å². The number of sulfone groups is 1. The van der Waals surface area contributed by atoms with Crippen LogP contribution >= 0.6 is 0 Å². The maximum atomic E-state index is 11.4. The molecule has 106 valence electrons. The maximum Gasteiger partial charge on any atom is 0.148 e. The lowest BCUT2D eigenvalue weighted by molar-refractivity contribution is 0.245. The van der Waals surface area contributed by atoms with Crippen molar-refractivity contribution in [3.8, 4) is 5.75 Å². The van der Waals surface area contributed by atoms with Gasteiger partial charge in [0, 0.05) is 17.4 Å². The summed E-state index contributed by atoms with van der Waals surface area (Å²) in [6.45, 7) is 4.46. The van der Waals surface area contributed by atoms with Gasteiger partial charge in [0.15, 0.2) is 0 Å². The Bertz CT molecular complexity index is 562. The largest absolute Gasteiger partial charge is 0.491 e. The molecule has 0 amide bonds. The van der Waals surface area contributed by atoms with Crippen molar-refractivity contribution in [1.29, 1.82) is 0 Å². The van der Waals surface area contributed by atoms with E-state index in [2.05, 4.69) is 4.98 Å². The highest BCUT2D eigenvalue weighted by Crippen LogP contribution is 2.47. The molecule has 0 spiro atoms. The van der Waals surface area contributed by atoms with E-state index in [1.165, 1.54) is 6.26 Å². The topological polar surface area (TPSA) is 56.3 Å². The summed E-state index contributed by atoms with van der Waals surface area (Å²) >= 11 is 0. The summed E-state index contributed by atoms with van der Waals surface area (Å²) in [5.41, 5.74) is 1.75. The molecule has 1 heterocycles. The third kappa shape index (κ3) is 3.93. The molecular weight excluding hydrogens is 262 g/mol. The van der Waals surface area contributed by atoms with Crippen LogP contribution in [0.25, 0.3) is 0 Å². The van der Waals surface area contributed by atoms with Gasteiger partial charge < -0.3 is 4.74 Å². The number of rotatable bonds is 6. The molecule has 5 heteroatoms. The summed E-state index contributed by atoms with van der Waals surface area (Å²) in [7, 11) is -2.94. The SMILES string of the molecule is CCc1nc(C)ccc1OCC1(CS(C)(=O)=O)CC1. The molecule has 1 fully saturated rings. The molecule has 1 aromatic heterocycles. The van der Waals surface area contributed by atoms with Crippen molar-refractivity contribution in [2.24, 2.45) is 5.41 Å². The van der Waals surface area contributed by atoms with Crippen LogP contribution in [0.5, 0.6) is 5.75 Å². The van der Waals surface area contributed by atoms with Crippen molar-refractivity contribution in [1.82, 2.24) is 4.98 Å². The van der Waals surface area contributed by atoms with E-state index in [1.54, 1.807) is 0 Å². The zero-order chi connectivity index (χ0) is 14.1. The molecule has 0 N–H and O–H groups in total. The van der Waals surface area contributed by atoms with Crippen LogP contribution in [0.2, 0.25) is 0 Å². The molecule has 0 unspecified atom stereocenters. The third-order valence-corrected chi connectivity index (χ3v) is 4.60. The fraction of sp³-hybridized carbons (Fsp3) is 0.643. The number of aryl methyl sites for hydroxylation is 2. The smallest absolute Gasteiger partial charge is 0.148 e. The van der Waals surface area contributed by atoms with E-state index in [0.717, 1.165) is 36.4 Å². The van der Waals surface area contributed by atoms with E-state index in [1.807, 2.05) is 26.0 Å². The van der Waals surface area contributed by atoms with Gasteiger partial charge in [0.05, 0.1) is 18.1 Å². The van der Waals surface area contributed by atoms with Gasteiger partial charge in [0.1, 0.15) is 15.6 Å². The zero-order valence-electron chi connectivity index (χ0n) is 11.8. The van der Waals surface area contributed by atoms with Crippen LogP contribution in [0, 0.1) is 12.3 Å². The zero-order valence-corrected chi connectivity index (χ0v) is 12.6. The molecule has 1 aliphatic rings. The highest BCUT2D eigenvalue weighted by Gasteiger charge is 2.46. The van der Waals surface area contributed by atoms with Crippen molar-refractivity contribution in [2.75, 3.05) is 18.6 Å². The fourth-order valence-corrected chi connectivity index (χ4v) is 3.76. The first-order valence-electron chi connectivity index (χ1n) is 6.61. The minimum absolute atomic E-state index is 0.163. The molecule has 0 bridgehead atoms. The first-order valence-corrected chi connectivity index (χ1v) is 8.67. The number of aromatic nitrogens is 1. The average Bonchev–Trinajstić information content (AvgIpc) is 3.05. The minimum atomic E-state index is -2.94. The first-order chi connectivity index (χ1) is 8.84. The van der Waals surface area contributed by atoms with Gasteiger partial charge in [-0.3, -0.25) is 4.98 Å². The molecule has 4 nitrogen and oxygen atoms in total. The molecule has 1 aromatic rings. The lowest BCUT2D eigenvalue weighted by Gasteiger charge is -2.16. The van der Waals surface area contributed by atoms with E-state index in [4.69, 9.17) is 4.74 Å². The second-order valence-corrected chi connectivity index (χ2v) is 7.75. The molecule has 0 aliphatic heterocycles. The van der Waals surface area contributed by atoms with Gasteiger partial charge in [-0.05, 0) is 38.3 Å². The standard InChI is InChI=1S/C14H21NO3S/c1-4-12-13(6-5-11(2)15-12)18-9-14(7-8-14)10-19(3,16)17/h5-6H,4,7-10H2,1-3H3. The molecule has 1 saturated carbocycles. The predicted molar refractivity (Wildman–Crippen MR) is 75.2 cm³/mol. The maximum absolute atomic E-state index is 11.4. The van der Waals surface area contributed by atoms with Gasteiger partial charge in [-0.15, -0.1) is 0 Å². The second-order valence-electron chi connectivity index (χ2n) is 5.61. The number of pyridine rings is 1. The monoisotopic (exact) mass is 283 g/mol. The molecular formula is C14H21NO3S. The van der Waals surface area contributed by atoms with E-state index < -0.39 is 9.84 Å². The van der Waals surface area contributed by atoms with Crippen LogP contribution in [0.4, 0.5) is 0 Å². The third-order valence-electron chi connectivity index (χ3n) is 3.47. The Morgan fingerprint density at radius 3 is 2.58 bits per heavy atom. The summed E-state index contributed by atoms with van der Waals surface area (Å²) < 4.78 is 28.6. The molecule has 0 radical (unpaired) electrons. The second kappa shape index (κ2) is 5.12. The van der Waals surface area contributed by atoms with Gasteiger partial charge in [-0.2, -0.15) is 0 Å². The highest BCUT2D eigenvalue weighted by molar-refractivity contribution is 7.90. The normalized spacial score (nSPS) is 17.2. The molecule has 0 aromatic carbocycles. The van der Waals surface area contributed by atoms with Crippen LogP contribution in [0.3, 0.4) is 0 Å². The summed E-state index contributed by atoms with van der Waals surface area (Å²) in [5.74, 6) is 1.01. The molecule has 2 rings (SSSR count). The summed E-state index contributed by atoms with van der Waals surface area (Å²) in [4.78, 5) is 4.44. The number of hydrogen-bond acceptors (Lipinski definition) is 4. The summed E-state index contributed by atoms with van der Waals surface area (Å²) in [5, 5.41) is 0. The van der Waals surface area contributed by atoms with Crippen molar-refractivity contribution >= 4 is 9.84 Å². The number of nitrogens with zero attached hydrogens (tertiary/aromatic N) is 1. The van der Waals surface area contributed by atoms with Gasteiger partial charge in [0.2, 0.25) is 0 Å². The van der Waals surface area contributed by atoms with Crippen molar-refractivity contribution in [3.05, 3.63) is 23.5 Å². The highest BCUT2D eigenvalue weighted by atomic mass is 32.2. The van der Waals surface area contributed by atoms with Crippen molar-refractivity contribution in [2.45, 2.75) is 33.1 Å². The van der Waals surface area contributed by atoms with Gasteiger partial charge in [0.25, 0.3) is 0 Å². The van der Waals surface area contributed by atoms with E-state index in [9.17, 15) is 8.42 Å². The Balaban J connectivity index is 2.03. The van der Waals surface area contributed by atoms with Crippen LogP contribution < -0.4 is 4.74 Å². The fourth-order valence-electron chi connectivity index (χ4n) is 2.28. The molecule has 0 saturated heterocycles. The van der Waals surface area contributed by atoms with Gasteiger partial charge in [-0.25, -0.2) is 8.42 Å². The Kier molecular flexibility index (Phi) is 3.85. The Hall–Kier alpha value is -1.10. The lowest BCUT2D eigenvalue weighted by atomic mass is 10.1. The number of ether oxygens (including phenoxy) is 1. The molecule has 19 heavy (non-hydrogen) atoms. The van der Waals surface area contributed by atoms with Crippen LogP contribution in [0.1, 0.15) is 31.2 Å². The Morgan fingerprint density at radius 2 is 2.05 bits per heavy atom. The average molecular weight is 283 g/mol. The molecule has 1 aliphatic carbocycles. The van der Waals surface area contributed by atoms with E-state index in [-0.39, 0.29) is 11.2 Å². The summed E-state index contributed by atoms with van der Waals surface area (Å²) in [6, 6.07) is 3.85.